The summed E-state index contributed by atoms with van der Waals surface area (Å²) in [6.07, 6.45) is 4.68. The third kappa shape index (κ3) is 2.78. The van der Waals surface area contributed by atoms with Crippen LogP contribution >= 0.6 is 12.2 Å². The zero-order valence-corrected chi connectivity index (χ0v) is 7.24. The summed E-state index contributed by atoms with van der Waals surface area (Å²) in [7, 11) is 1.93. The summed E-state index contributed by atoms with van der Waals surface area (Å²) in [5, 5.41) is 3.06. The predicted octanol–water partition coefficient (Wildman–Crippen LogP) is 0.901. The number of nitrogens with zero attached hydrogens (tertiary/aromatic N) is 1. The summed E-state index contributed by atoms with van der Waals surface area (Å²) in [5.41, 5.74) is 1.17. The fourth-order valence-electron chi connectivity index (χ4n) is 0.777. The monoisotopic (exact) mass is 169 g/mol. The average Bonchev–Trinajstić information content (AvgIpc) is 2.04. The van der Waals surface area contributed by atoms with Crippen molar-refractivity contribution in [1.29, 1.82) is 0 Å². The summed E-state index contributed by atoms with van der Waals surface area (Å²) in [5.74, 6) is 0. The Balaban J connectivity index is 2.59. The lowest BCUT2D eigenvalue weighted by Gasteiger charge is -1.97. The molecule has 0 aromatic carbocycles. The van der Waals surface area contributed by atoms with Crippen LogP contribution in [-0.4, -0.2) is 23.6 Å². The molecule has 2 N–H and O–H groups in total. The van der Waals surface area contributed by atoms with E-state index in [1.165, 1.54) is 5.56 Å². The SMILES string of the molecule is CNCCc1cnc(=S)[nH]c1. The van der Waals surface area contributed by atoms with Crippen LogP contribution in [0.25, 0.3) is 0 Å². The number of aromatic nitrogens is 2. The molecule has 60 valence electrons. The Kier molecular flexibility index (Phi) is 3.19. The van der Waals surface area contributed by atoms with Crippen LogP contribution in [0.4, 0.5) is 0 Å². The van der Waals surface area contributed by atoms with Crippen LogP contribution in [0.5, 0.6) is 0 Å². The van der Waals surface area contributed by atoms with Crippen LogP contribution < -0.4 is 5.32 Å². The highest BCUT2D eigenvalue weighted by Gasteiger charge is 1.89. The van der Waals surface area contributed by atoms with Crippen molar-refractivity contribution in [3.63, 3.8) is 0 Å². The van der Waals surface area contributed by atoms with Gasteiger partial charge in [0, 0.05) is 12.4 Å². The fraction of sp³-hybridized carbons (Fsp3) is 0.429. The molecule has 1 aromatic rings. The highest BCUT2D eigenvalue weighted by molar-refractivity contribution is 7.71. The van der Waals surface area contributed by atoms with E-state index in [-0.39, 0.29) is 0 Å². The largest absolute Gasteiger partial charge is 0.337 e. The maximum atomic E-state index is 4.80. The van der Waals surface area contributed by atoms with Gasteiger partial charge < -0.3 is 10.3 Å². The van der Waals surface area contributed by atoms with Gasteiger partial charge in [-0.2, -0.15) is 0 Å². The number of hydrogen-bond donors (Lipinski definition) is 2. The fourth-order valence-corrected chi connectivity index (χ4v) is 0.888. The first-order valence-corrected chi connectivity index (χ1v) is 3.92. The molecule has 0 aliphatic heterocycles. The number of hydrogen-bond acceptors (Lipinski definition) is 3. The van der Waals surface area contributed by atoms with E-state index in [0.29, 0.717) is 4.77 Å². The van der Waals surface area contributed by atoms with Crippen molar-refractivity contribution in [1.82, 2.24) is 15.3 Å². The predicted molar refractivity (Wildman–Crippen MR) is 47.1 cm³/mol. The molecular weight excluding hydrogens is 158 g/mol. The van der Waals surface area contributed by atoms with E-state index >= 15 is 0 Å². The summed E-state index contributed by atoms with van der Waals surface area (Å²) in [4.78, 5) is 6.85. The van der Waals surface area contributed by atoms with E-state index in [2.05, 4.69) is 15.3 Å². The van der Waals surface area contributed by atoms with Gasteiger partial charge in [-0.15, -0.1) is 0 Å². The first-order valence-electron chi connectivity index (χ1n) is 3.51. The van der Waals surface area contributed by atoms with Crippen molar-refractivity contribution >= 4 is 12.2 Å². The molecule has 0 atom stereocenters. The highest BCUT2D eigenvalue weighted by atomic mass is 32.1. The summed E-state index contributed by atoms with van der Waals surface area (Å²) in [6, 6.07) is 0. The lowest BCUT2D eigenvalue weighted by atomic mass is 10.2. The average molecular weight is 169 g/mol. The van der Waals surface area contributed by atoms with Gasteiger partial charge in [-0.25, -0.2) is 4.98 Å². The number of rotatable bonds is 3. The third-order valence-electron chi connectivity index (χ3n) is 1.39. The molecule has 0 unspecified atom stereocenters. The van der Waals surface area contributed by atoms with Crippen LogP contribution in [0.1, 0.15) is 5.56 Å². The normalized spacial score (nSPS) is 9.91. The summed E-state index contributed by atoms with van der Waals surface area (Å²) >= 11 is 4.80. The van der Waals surface area contributed by atoms with Gasteiger partial charge in [-0.3, -0.25) is 0 Å². The maximum absolute atomic E-state index is 4.80. The molecule has 11 heavy (non-hydrogen) atoms. The molecule has 0 spiro atoms. The van der Waals surface area contributed by atoms with Crippen molar-refractivity contribution in [2.24, 2.45) is 0 Å². The quantitative estimate of drug-likeness (QED) is 0.660. The molecule has 0 saturated heterocycles. The Labute approximate surface area is 70.9 Å². The number of aromatic amines is 1. The number of likely N-dealkylation sites (N-methyl/N-ethyl adjacent to an activating group) is 1. The lowest BCUT2D eigenvalue weighted by Crippen LogP contribution is -2.10. The first kappa shape index (κ1) is 8.36. The summed E-state index contributed by atoms with van der Waals surface area (Å²) < 4.78 is 0.540. The smallest absolute Gasteiger partial charge is 0.196 e. The van der Waals surface area contributed by atoms with E-state index in [9.17, 15) is 0 Å². The molecule has 0 aliphatic carbocycles. The van der Waals surface area contributed by atoms with Crippen molar-refractivity contribution in [3.05, 3.63) is 22.7 Å². The van der Waals surface area contributed by atoms with Crippen LogP contribution in [0.2, 0.25) is 0 Å². The Hall–Kier alpha value is -0.740. The van der Waals surface area contributed by atoms with E-state index in [4.69, 9.17) is 12.2 Å². The van der Waals surface area contributed by atoms with Crippen molar-refractivity contribution in [2.75, 3.05) is 13.6 Å². The molecule has 0 bridgehead atoms. The van der Waals surface area contributed by atoms with Crippen LogP contribution in [-0.2, 0) is 6.42 Å². The Bertz CT molecular complexity index is 248. The molecule has 4 heteroatoms. The Morgan fingerprint density at radius 3 is 3.09 bits per heavy atom. The topological polar surface area (TPSA) is 40.7 Å². The van der Waals surface area contributed by atoms with Crippen molar-refractivity contribution in [3.8, 4) is 0 Å². The maximum Gasteiger partial charge on any atom is 0.196 e. The Morgan fingerprint density at radius 1 is 1.73 bits per heavy atom. The lowest BCUT2D eigenvalue weighted by molar-refractivity contribution is 0.785. The molecule has 0 amide bonds. The van der Waals surface area contributed by atoms with Gasteiger partial charge in [-0.1, -0.05) is 0 Å². The van der Waals surface area contributed by atoms with Crippen LogP contribution in [0.3, 0.4) is 0 Å². The minimum absolute atomic E-state index is 0.540. The zero-order valence-electron chi connectivity index (χ0n) is 6.42. The van der Waals surface area contributed by atoms with E-state index in [1.807, 2.05) is 13.2 Å². The molecule has 0 aliphatic rings. The van der Waals surface area contributed by atoms with Gasteiger partial charge in [0.25, 0.3) is 0 Å². The summed E-state index contributed by atoms with van der Waals surface area (Å²) in [6.45, 7) is 0.965. The zero-order chi connectivity index (χ0) is 8.10. The van der Waals surface area contributed by atoms with E-state index in [0.717, 1.165) is 13.0 Å². The molecule has 3 nitrogen and oxygen atoms in total. The first-order chi connectivity index (χ1) is 5.33. The standard InChI is InChI=1S/C7H11N3S/c1-8-3-2-6-4-9-7(11)10-5-6/h4-5,8H,2-3H2,1H3,(H,9,10,11). The molecule has 1 heterocycles. The van der Waals surface area contributed by atoms with Crippen LogP contribution in [0.15, 0.2) is 12.4 Å². The second kappa shape index (κ2) is 4.20. The van der Waals surface area contributed by atoms with E-state index < -0.39 is 0 Å². The van der Waals surface area contributed by atoms with Gasteiger partial charge in [0.1, 0.15) is 0 Å². The second-order valence-corrected chi connectivity index (χ2v) is 2.67. The molecule has 1 rings (SSSR count). The van der Waals surface area contributed by atoms with Crippen molar-refractivity contribution < 1.29 is 0 Å². The van der Waals surface area contributed by atoms with E-state index in [1.54, 1.807) is 6.20 Å². The van der Waals surface area contributed by atoms with Crippen molar-refractivity contribution in [2.45, 2.75) is 6.42 Å². The van der Waals surface area contributed by atoms with Gasteiger partial charge in [0.15, 0.2) is 4.77 Å². The van der Waals surface area contributed by atoms with Gasteiger partial charge >= 0.3 is 0 Å². The highest BCUT2D eigenvalue weighted by Crippen LogP contribution is 1.93. The minimum atomic E-state index is 0.540. The third-order valence-corrected chi connectivity index (χ3v) is 1.62. The second-order valence-electron chi connectivity index (χ2n) is 2.28. The minimum Gasteiger partial charge on any atom is -0.337 e. The molecular formula is C7H11N3S. The van der Waals surface area contributed by atoms with Gasteiger partial charge in [-0.05, 0) is 37.8 Å². The molecule has 0 radical (unpaired) electrons. The Morgan fingerprint density at radius 2 is 2.55 bits per heavy atom. The number of H-pyrrole nitrogens is 1. The molecule has 1 aromatic heterocycles. The number of nitrogens with one attached hydrogen (secondary N) is 2. The van der Waals surface area contributed by atoms with Gasteiger partial charge in [0.05, 0.1) is 0 Å². The van der Waals surface area contributed by atoms with Crippen LogP contribution in [0, 0.1) is 4.77 Å². The van der Waals surface area contributed by atoms with Gasteiger partial charge in [0.2, 0.25) is 0 Å². The molecule has 0 fully saturated rings. The molecule has 0 saturated carbocycles.